The van der Waals surface area contributed by atoms with Crippen LogP contribution in [-0.4, -0.2) is 18.0 Å². The second kappa shape index (κ2) is 1.92. The highest BCUT2D eigenvalue weighted by Crippen LogP contribution is 2.61. The van der Waals surface area contributed by atoms with Crippen LogP contribution < -0.4 is 11.1 Å². The number of hydrogen-bond acceptors (Lipinski definition) is 2. The van der Waals surface area contributed by atoms with Crippen LogP contribution in [0.2, 0.25) is 0 Å². The molecule has 3 aliphatic rings. The molecule has 0 aromatic heterocycles. The summed E-state index contributed by atoms with van der Waals surface area (Å²) in [5, 5.41) is 3.05. The van der Waals surface area contributed by atoms with E-state index in [-0.39, 0.29) is 29.3 Å². The molecular weight excluding hydrogens is 164 g/mol. The lowest BCUT2D eigenvalue weighted by Gasteiger charge is -2.24. The summed E-state index contributed by atoms with van der Waals surface area (Å²) in [4.78, 5) is 11.6. The Hall–Kier alpha value is -0.570. The number of hydrogen-bond donors (Lipinski definition) is 2. The Kier molecular flexibility index (Phi) is 1.15. The third-order valence-electron chi connectivity index (χ3n) is 4.67. The van der Waals surface area contributed by atoms with Gasteiger partial charge in [-0.2, -0.15) is 0 Å². The van der Waals surface area contributed by atoms with Crippen molar-refractivity contribution in [3.05, 3.63) is 0 Å². The van der Waals surface area contributed by atoms with Crippen molar-refractivity contribution < 1.29 is 4.79 Å². The number of carbonyl (C=O) groups excluding carboxylic acids is 1. The summed E-state index contributed by atoms with van der Waals surface area (Å²) in [5.74, 6) is 1.56. The SMILES string of the molecule is CC1(C)C2CC3C(=O)NC(C2N)C31. The standard InChI is InChI=1S/C10H16N2O/c1-10(2)5-3-4-6(10)8(7(5)11)12-9(4)13/h4-8H,3,11H2,1-2H3,(H,12,13). The van der Waals surface area contributed by atoms with Gasteiger partial charge in [-0.25, -0.2) is 0 Å². The number of amides is 1. The lowest BCUT2D eigenvalue weighted by molar-refractivity contribution is -0.122. The molecule has 1 saturated heterocycles. The van der Waals surface area contributed by atoms with Crippen LogP contribution in [0.25, 0.3) is 0 Å². The zero-order valence-electron chi connectivity index (χ0n) is 8.08. The first kappa shape index (κ1) is 7.80. The minimum atomic E-state index is 0.197. The zero-order chi connectivity index (χ0) is 9.38. The Balaban J connectivity index is 2.10. The maximum Gasteiger partial charge on any atom is 0.223 e. The van der Waals surface area contributed by atoms with Gasteiger partial charge >= 0.3 is 0 Å². The quantitative estimate of drug-likeness (QED) is 0.555. The van der Waals surface area contributed by atoms with Crippen LogP contribution in [-0.2, 0) is 4.79 Å². The number of rotatable bonds is 0. The lowest BCUT2D eigenvalue weighted by Crippen LogP contribution is -2.44. The van der Waals surface area contributed by atoms with E-state index in [9.17, 15) is 4.79 Å². The Morgan fingerprint density at radius 2 is 2.23 bits per heavy atom. The summed E-state index contributed by atoms with van der Waals surface area (Å²) >= 11 is 0. The molecule has 2 bridgehead atoms. The number of nitrogens with one attached hydrogen (secondary N) is 1. The highest BCUT2D eigenvalue weighted by atomic mass is 16.2. The Labute approximate surface area is 78.1 Å². The topological polar surface area (TPSA) is 55.1 Å². The molecule has 1 amide bonds. The first-order valence-corrected chi connectivity index (χ1v) is 5.09. The first-order valence-electron chi connectivity index (χ1n) is 5.09. The summed E-state index contributed by atoms with van der Waals surface area (Å²) in [5.41, 5.74) is 6.40. The van der Waals surface area contributed by atoms with E-state index >= 15 is 0 Å². The van der Waals surface area contributed by atoms with E-state index in [0.717, 1.165) is 6.42 Å². The molecule has 0 aromatic rings. The molecule has 0 spiro atoms. The minimum absolute atomic E-state index is 0.197. The smallest absolute Gasteiger partial charge is 0.223 e. The van der Waals surface area contributed by atoms with E-state index < -0.39 is 0 Å². The summed E-state index contributed by atoms with van der Waals surface area (Å²) < 4.78 is 0. The van der Waals surface area contributed by atoms with Gasteiger partial charge in [0.2, 0.25) is 5.91 Å². The number of carbonyl (C=O) groups is 1. The molecule has 1 aliphatic heterocycles. The van der Waals surface area contributed by atoms with Crippen LogP contribution in [0.15, 0.2) is 0 Å². The third kappa shape index (κ3) is 0.654. The van der Waals surface area contributed by atoms with Crippen LogP contribution in [0, 0.1) is 23.2 Å². The van der Waals surface area contributed by atoms with E-state index in [0.29, 0.717) is 11.8 Å². The van der Waals surface area contributed by atoms with E-state index in [1.165, 1.54) is 0 Å². The average molecular weight is 180 g/mol. The van der Waals surface area contributed by atoms with Gasteiger partial charge in [-0.1, -0.05) is 13.8 Å². The predicted molar refractivity (Wildman–Crippen MR) is 48.8 cm³/mol. The molecule has 1 heterocycles. The minimum Gasteiger partial charge on any atom is -0.351 e. The van der Waals surface area contributed by atoms with Crippen LogP contribution in [0.3, 0.4) is 0 Å². The summed E-state index contributed by atoms with van der Waals surface area (Å²) in [6.45, 7) is 4.53. The third-order valence-corrected chi connectivity index (χ3v) is 4.67. The Morgan fingerprint density at radius 3 is 2.77 bits per heavy atom. The van der Waals surface area contributed by atoms with Gasteiger partial charge < -0.3 is 11.1 Å². The fourth-order valence-electron chi connectivity index (χ4n) is 4.07. The van der Waals surface area contributed by atoms with Crippen LogP contribution in [0.1, 0.15) is 20.3 Å². The molecule has 5 unspecified atom stereocenters. The van der Waals surface area contributed by atoms with Gasteiger partial charge in [0.05, 0.1) is 0 Å². The second-order valence-corrected chi connectivity index (χ2v) is 5.41. The van der Waals surface area contributed by atoms with Gasteiger partial charge in [-0.3, -0.25) is 4.79 Å². The molecular formula is C10H16N2O. The van der Waals surface area contributed by atoms with Crippen molar-refractivity contribution in [1.29, 1.82) is 0 Å². The van der Waals surface area contributed by atoms with E-state index in [4.69, 9.17) is 5.73 Å². The molecule has 3 rings (SSSR count). The lowest BCUT2D eigenvalue weighted by atomic mass is 9.80. The molecule has 0 aromatic carbocycles. The Morgan fingerprint density at radius 1 is 1.54 bits per heavy atom. The highest BCUT2D eigenvalue weighted by molar-refractivity contribution is 5.83. The van der Waals surface area contributed by atoms with Gasteiger partial charge in [0.25, 0.3) is 0 Å². The molecule has 3 nitrogen and oxygen atoms in total. The average Bonchev–Trinajstić information content (AvgIpc) is 2.51. The summed E-state index contributed by atoms with van der Waals surface area (Å²) in [6.07, 6.45) is 1.02. The van der Waals surface area contributed by atoms with Gasteiger partial charge in [-0.05, 0) is 23.7 Å². The monoisotopic (exact) mass is 180 g/mol. The fraction of sp³-hybridized carbons (Fsp3) is 0.900. The molecule has 13 heavy (non-hydrogen) atoms. The maximum atomic E-state index is 11.6. The van der Waals surface area contributed by atoms with Crippen LogP contribution >= 0.6 is 0 Å². The van der Waals surface area contributed by atoms with E-state index in [2.05, 4.69) is 19.2 Å². The van der Waals surface area contributed by atoms with Crippen LogP contribution in [0.4, 0.5) is 0 Å². The molecule has 3 heteroatoms. The van der Waals surface area contributed by atoms with Gasteiger partial charge in [0, 0.05) is 18.0 Å². The van der Waals surface area contributed by atoms with Crippen molar-refractivity contribution in [3.63, 3.8) is 0 Å². The van der Waals surface area contributed by atoms with Crippen molar-refractivity contribution in [2.24, 2.45) is 28.9 Å². The molecule has 0 radical (unpaired) electrons. The van der Waals surface area contributed by atoms with Crippen molar-refractivity contribution in [2.75, 3.05) is 0 Å². The maximum absolute atomic E-state index is 11.6. The van der Waals surface area contributed by atoms with Gasteiger partial charge in [0.15, 0.2) is 0 Å². The molecule has 5 atom stereocenters. The second-order valence-electron chi connectivity index (χ2n) is 5.41. The summed E-state index contributed by atoms with van der Waals surface area (Å²) in [6, 6.07) is 0.467. The number of nitrogens with two attached hydrogens (primary N) is 1. The van der Waals surface area contributed by atoms with Crippen molar-refractivity contribution >= 4 is 5.91 Å². The molecule has 2 aliphatic carbocycles. The predicted octanol–water partition coefficient (Wildman–Crippen LogP) is 0.104. The molecule has 3 fully saturated rings. The Bertz CT molecular complexity index is 287. The van der Waals surface area contributed by atoms with Crippen LogP contribution in [0.5, 0.6) is 0 Å². The molecule has 2 saturated carbocycles. The molecule has 3 N–H and O–H groups in total. The summed E-state index contributed by atoms with van der Waals surface area (Å²) in [7, 11) is 0. The normalized spacial score (nSPS) is 55.6. The van der Waals surface area contributed by atoms with Crippen molar-refractivity contribution in [3.8, 4) is 0 Å². The van der Waals surface area contributed by atoms with E-state index in [1.54, 1.807) is 0 Å². The first-order chi connectivity index (χ1) is 6.03. The van der Waals surface area contributed by atoms with Crippen molar-refractivity contribution in [2.45, 2.75) is 32.4 Å². The highest BCUT2D eigenvalue weighted by Gasteiger charge is 2.67. The van der Waals surface area contributed by atoms with E-state index in [1.807, 2.05) is 0 Å². The van der Waals surface area contributed by atoms with Crippen molar-refractivity contribution in [1.82, 2.24) is 5.32 Å². The largest absolute Gasteiger partial charge is 0.351 e. The van der Waals surface area contributed by atoms with Gasteiger partial charge in [0.1, 0.15) is 0 Å². The molecule has 72 valence electrons. The number of fused-ring (bicyclic) bond motifs is 1. The van der Waals surface area contributed by atoms with Gasteiger partial charge in [-0.15, -0.1) is 0 Å². The fourth-order valence-corrected chi connectivity index (χ4v) is 4.07. The zero-order valence-corrected chi connectivity index (χ0v) is 8.08.